The zero-order valence-corrected chi connectivity index (χ0v) is 12.6. The van der Waals surface area contributed by atoms with Crippen molar-refractivity contribution < 1.29 is 0 Å². The highest BCUT2D eigenvalue weighted by atomic mass is 14.9. The summed E-state index contributed by atoms with van der Waals surface area (Å²) in [6, 6.07) is 0. The molecule has 1 heteroatoms. The molecule has 0 amide bonds. The summed E-state index contributed by atoms with van der Waals surface area (Å²) in [4.78, 5) is 4.98. The molecule has 2 unspecified atom stereocenters. The molecule has 0 radical (unpaired) electrons. The number of rotatable bonds is 4. The van der Waals surface area contributed by atoms with Gasteiger partial charge < -0.3 is 0 Å². The third-order valence-corrected chi connectivity index (χ3v) is 4.71. The average Bonchev–Trinajstić information content (AvgIpc) is 2.61. The van der Waals surface area contributed by atoms with Crippen LogP contribution in [-0.2, 0) is 0 Å². The molecule has 0 aromatic heterocycles. The van der Waals surface area contributed by atoms with Crippen LogP contribution in [-0.4, -0.2) is 5.71 Å². The van der Waals surface area contributed by atoms with Crippen LogP contribution in [0.1, 0.15) is 60.3 Å². The molecule has 0 aromatic rings. The van der Waals surface area contributed by atoms with E-state index in [9.17, 15) is 0 Å². The SMILES string of the molecule is CCCC(C)C(C)C1=NC2=CCCC=C2C1(C)C. The topological polar surface area (TPSA) is 12.4 Å². The summed E-state index contributed by atoms with van der Waals surface area (Å²) in [5.74, 6) is 1.32. The third-order valence-electron chi connectivity index (χ3n) is 4.71. The van der Waals surface area contributed by atoms with Crippen LogP contribution in [0.15, 0.2) is 28.4 Å². The molecular formula is C17H27N. The Morgan fingerprint density at radius 1 is 1.22 bits per heavy atom. The van der Waals surface area contributed by atoms with Crippen molar-refractivity contribution >= 4 is 5.71 Å². The Hall–Kier alpha value is -0.850. The standard InChI is InChI=1S/C17H27N/c1-6-9-12(2)13(3)16-17(4,5)14-10-7-8-11-15(14)18-16/h10-13H,6-9H2,1-5H3. The van der Waals surface area contributed by atoms with Crippen molar-refractivity contribution in [3.63, 3.8) is 0 Å². The molecule has 0 saturated carbocycles. The number of allylic oxidation sites excluding steroid dienone is 3. The fourth-order valence-electron chi connectivity index (χ4n) is 3.40. The molecule has 0 fully saturated rings. The van der Waals surface area contributed by atoms with Crippen LogP contribution >= 0.6 is 0 Å². The third kappa shape index (κ3) is 2.20. The highest BCUT2D eigenvalue weighted by Gasteiger charge is 2.40. The summed E-state index contributed by atoms with van der Waals surface area (Å²) >= 11 is 0. The van der Waals surface area contributed by atoms with Crippen LogP contribution in [0, 0.1) is 17.3 Å². The maximum absolute atomic E-state index is 4.98. The van der Waals surface area contributed by atoms with Crippen LogP contribution in [0.5, 0.6) is 0 Å². The van der Waals surface area contributed by atoms with Gasteiger partial charge in [-0.1, -0.05) is 59.6 Å². The van der Waals surface area contributed by atoms with E-state index in [1.165, 1.54) is 36.2 Å². The Labute approximate surface area is 112 Å². The maximum atomic E-state index is 4.98. The molecule has 1 nitrogen and oxygen atoms in total. The van der Waals surface area contributed by atoms with Crippen molar-refractivity contribution in [1.82, 2.24) is 0 Å². The zero-order chi connectivity index (χ0) is 13.3. The summed E-state index contributed by atoms with van der Waals surface area (Å²) in [5.41, 5.74) is 4.28. The minimum absolute atomic E-state index is 0.146. The first-order chi connectivity index (χ1) is 8.48. The molecule has 0 aromatic carbocycles. The van der Waals surface area contributed by atoms with E-state index >= 15 is 0 Å². The van der Waals surface area contributed by atoms with Crippen molar-refractivity contribution in [2.45, 2.75) is 60.3 Å². The first-order valence-corrected chi connectivity index (χ1v) is 7.48. The number of fused-ring (bicyclic) bond motifs is 1. The monoisotopic (exact) mass is 245 g/mol. The van der Waals surface area contributed by atoms with Gasteiger partial charge in [0.1, 0.15) is 0 Å². The van der Waals surface area contributed by atoms with Gasteiger partial charge in [-0.25, -0.2) is 0 Å². The number of hydrogen-bond acceptors (Lipinski definition) is 1. The van der Waals surface area contributed by atoms with Crippen LogP contribution in [0.3, 0.4) is 0 Å². The fraction of sp³-hybridized carbons (Fsp3) is 0.706. The van der Waals surface area contributed by atoms with Gasteiger partial charge >= 0.3 is 0 Å². The highest BCUT2D eigenvalue weighted by Crippen LogP contribution is 2.46. The molecule has 0 N–H and O–H groups in total. The van der Waals surface area contributed by atoms with Gasteiger partial charge in [-0.2, -0.15) is 0 Å². The van der Waals surface area contributed by atoms with Crippen LogP contribution in [0.25, 0.3) is 0 Å². The highest BCUT2D eigenvalue weighted by molar-refractivity contribution is 5.99. The van der Waals surface area contributed by atoms with E-state index in [0.717, 1.165) is 12.3 Å². The molecule has 100 valence electrons. The van der Waals surface area contributed by atoms with Crippen molar-refractivity contribution in [3.8, 4) is 0 Å². The van der Waals surface area contributed by atoms with E-state index in [1.54, 1.807) is 0 Å². The van der Waals surface area contributed by atoms with E-state index in [0.29, 0.717) is 5.92 Å². The van der Waals surface area contributed by atoms with E-state index in [-0.39, 0.29) is 5.41 Å². The Morgan fingerprint density at radius 3 is 2.50 bits per heavy atom. The van der Waals surface area contributed by atoms with E-state index in [2.05, 4.69) is 46.8 Å². The molecule has 0 spiro atoms. The lowest BCUT2D eigenvalue weighted by atomic mass is 9.72. The normalized spacial score (nSPS) is 24.8. The van der Waals surface area contributed by atoms with Crippen molar-refractivity contribution in [3.05, 3.63) is 23.4 Å². The van der Waals surface area contributed by atoms with Crippen molar-refractivity contribution in [2.75, 3.05) is 0 Å². The first kappa shape index (κ1) is 13.6. The molecule has 18 heavy (non-hydrogen) atoms. The summed E-state index contributed by atoms with van der Waals surface area (Å²) in [6.45, 7) is 11.7. The number of aliphatic imine (C=N–C) groups is 1. The van der Waals surface area contributed by atoms with Gasteiger partial charge in [-0.05, 0) is 30.3 Å². The van der Waals surface area contributed by atoms with Gasteiger partial charge in [0.2, 0.25) is 0 Å². The molecule has 2 atom stereocenters. The van der Waals surface area contributed by atoms with Gasteiger partial charge in [0.15, 0.2) is 0 Å². The van der Waals surface area contributed by atoms with Gasteiger partial charge in [-0.3, -0.25) is 4.99 Å². The van der Waals surface area contributed by atoms with Crippen LogP contribution in [0.2, 0.25) is 0 Å². The zero-order valence-electron chi connectivity index (χ0n) is 12.6. The summed E-state index contributed by atoms with van der Waals surface area (Å²) < 4.78 is 0. The summed E-state index contributed by atoms with van der Waals surface area (Å²) in [6.07, 6.45) is 9.64. The largest absolute Gasteiger partial charge is 0.257 e. The van der Waals surface area contributed by atoms with Gasteiger partial charge in [0, 0.05) is 11.1 Å². The maximum Gasteiger partial charge on any atom is 0.0627 e. The number of hydrogen-bond donors (Lipinski definition) is 0. The Kier molecular flexibility index (Phi) is 3.79. The lowest BCUT2D eigenvalue weighted by Crippen LogP contribution is -2.31. The second-order valence-corrected chi connectivity index (χ2v) is 6.46. The molecule has 1 aliphatic carbocycles. The molecule has 0 saturated heterocycles. The molecule has 0 bridgehead atoms. The van der Waals surface area contributed by atoms with E-state index < -0.39 is 0 Å². The second-order valence-electron chi connectivity index (χ2n) is 6.46. The van der Waals surface area contributed by atoms with Gasteiger partial charge in [0.25, 0.3) is 0 Å². The molecule has 1 aliphatic heterocycles. The number of nitrogens with zero attached hydrogens (tertiary/aromatic N) is 1. The smallest absolute Gasteiger partial charge is 0.0627 e. The van der Waals surface area contributed by atoms with Crippen molar-refractivity contribution in [2.24, 2.45) is 22.2 Å². The average molecular weight is 245 g/mol. The van der Waals surface area contributed by atoms with Gasteiger partial charge in [0.05, 0.1) is 5.70 Å². The predicted molar refractivity (Wildman–Crippen MR) is 79.9 cm³/mol. The molecule has 1 heterocycles. The van der Waals surface area contributed by atoms with E-state index in [1.807, 2.05) is 0 Å². The molecule has 2 aliphatic rings. The van der Waals surface area contributed by atoms with Gasteiger partial charge in [-0.15, -0.1) is 0 Å². The fourth-order valence-corrected chi connectivity index (χ4v) is 3.40. The van der Waals surface area contributed by atoms with E-state index in [4.69, 9.17) is 4.99 Å². The first-order valence-electron chi connectivity index (χ1n) is 7.48. The lowest BCUT2D eigenvalue weighted by molar-refractivity contribution is 0.423. The quantitative estimate of drug-likeness (QED) is 0.650. The molecular weight excluding hydrogens is 218 g/mol. The second kappa shape index (κ2) is 5.03. The Balaban J connectivity index is 2.28. The minimum Gasteiger partial charge on any atom is -0.257 e. The Bertz CT molecular complexity index is 409. The lowest BCUT2D eigenvalue weighted by Gasteiger charge is -2.30. The predicted octanol–water partition coefficient (Wildman–Crippen LogP) is 5.14. The summed E-state index contributed by atoms with van der Waals surface area (Å²) in [5, 5.41) is 0. The Morgan fingerprint density at radius 2 is 1.89 bits per heavy atom. The van der Waals surface area contributed by atoms with Crippen LogP contribution in [0.4, 0.5) is 0 Å². The minimum atomic E-state index is 0.146. The van der Waals surface area contributed by atoms with Crippen molar-refractivity contribution in [1.29, 1.82) is 0 Å². The molecule has 2 rings (SSSR count). The van der Waals surface area contributed by atoms with Crippen LogP contribution < -0.4 is 0 Å². The summed E-state index contributed by atoms with van der Waals surface area (Å²) in [7, 11) is 0.